The number of carbonyl (C=O) groups excluding carboxylic acids is 2. The second-order valence-corrected chi connectivity index (χ2v) is 6.62. The molecule has 6 nitrogen and oxygen atoms in total. The molecule has 0 spiro atoms. The Bertz CT molecular complexity index is 699. The van der Waals surface area contributed by atoms with Crippen molar-refractivity contribution < 1.29 is 9.59 Å². The predicted molar refractivity (Wildman–Crippen MR) is 94.7 cm³/mol. The molecule has 132 valence electrons. The van der Waals surface area contributed by atoms with Crippen LogP contribution in [0.1, 0.15) is 12.0 Å². The van der Waals surface area contributed by atoms with Crippen LogP contribution >= 0.6 is 0 Å². The van der Waals surface area contributed by atoms with E-state index in [4.69, 9.17) is 0 Å². The molecule has 1 aromatic carbocycles. The molecule has 1 unspecified atom stereocenters. The summed E-state index contributed by atoms with van der Waals surface area (Å²) in [4.78, 5) is 28.0. The second kappa shape index (κ2) is 7.96. The molecular formula is C19H24N4O2. The number of hydrogen-bond donors (Lipinski definition) is 0. The number of amides is 2. The van der Waals surface area contributed by atoms with E-state index < -0.39 is 0 Å². The zero-order chi connectivity index (χ0) is 17.6. The fourth-order valence-corrected chi connectivity index (χ4v) is 3.18. The number of aromatic nitrogens is 2. The fraction of sp³-hybridized carbons (Fsp3) is 0.421. The van der Waals surface area contributed by atoms with Gasteiger partial charge in [-0.05, 0) is 24.0 Å². The molecule has 0 bridgehead atoms. The topological polar surface area (TPSA) is 58.4 Å². The third-order valence-electron chi connectivity index (χ3n) is 4.64. The highest BCUT2D eigenvalue weighted by atomic mass is 16.2. The summed E-state index contributed by atoms with van der Waals surface area (Å²) < 4.78 is 1.79. The highest BCUT2D eigenvalue weighted by Crippen LogP contribution is 2.21. The van der Waals surface area contributed by atoms with E-state index in [2.05, 4.69) is 17.2 Å². The smallest absolute Gasteiger partial charge is 0.241 e. The van der Waals surface area contributed by atoms with Crippen LogP contribution in [-0.2, 0) is 22.6 Å². The third-order valence-corrected chi connectivity index (χ3v) is 4.64. The SMILES string of the molecule is CN(CCn1cccn1)C(=O)CN1CC(Cc2ccccc2)CC1=O. The maximum absolute atomic E-state index is 12.4. The van der Waals surface area contributed by atoms with Gasteiger partial charge in [0, 0.05) is 39.0 Å². The van der Waals surface area contributed by atoms with Gasteiger partial charge in [0.25, 0.3) is 0 Å². The molecule has 2 heterocycles. The molecule has 3 rings (SSSR count). The van der Waals surface area contributed by atoms with Crippen LogP contribution in [0, 0.1) is 5.92 Å². The lowest BCUT2D eigenvalue weighted by Gasteiger charge is -2.22. The Hall–Kier alpha value is -2.63. The van der Waals surface area contributed by atoms with Crippen LogP contribution in [0.2, 0.25) is 0 Å². The van der Waals surface area contributed by atoms with Crippen LogP contribution in [0.4, 0.5) is 0 Å². The average Bonchev–Trinajstić information content (AvgIpc) is 3.24. The first-order chi connectivity index (χ1) is 12.1. The normalized spacial score (nSPS) is 17.1. The van der Waals surface area contributed by atoms with E-state index in [1.807, 2.05) is 30.5 Å². The monoisotopic (exact) mass is 340 g/mol. The van der Waals surface area contributed by atoms with Crippen molar-refractivity contribution in [3.63, 3.8) is 0 Å². The maximum Gasteiger partial charge on any atom is 0.241 e. The molecule has 0 aliphatic carbocycles. The number of carbonyl (C=O) groups is 2. The van der Waals surface area contributed by atoms with Gasteiger partial charge in [0.05, 0.1) is 13.1 Å². The minimum atomic E-state index is -0.0270. The summed E-state index contributed by atoms with van der Waals surface area (Å²) in [7, 11) is 1.77. The molecule has 6 heteroatoms. The van der Waals surface area contributed by atoms with Gasteiger partial charge in [-0.15, -0.1) is 0 Å². The summed E-state index contributed by atoms with van der Waals surface area (Å²) in [6.45, 7) is 2.06. The fourth-order valence-electron chi connectivity index (χ4n) is 3.18. The molecule has 1 aliphatic heterocycles. The van der Waals surface area contributed by atoms with Gasteiger partial charge in [-0.25, -0.2) is 0 Å². The Kier molecular flexibility index (Phi) is 5.48. The molecule has 1 atom stereocenters. The number of benzene rings is 1. The van der Waals surface area contributed by atoms with E-state index in [0.717, 1.165) is 6.42 Å². The molecule has 1 aromatic heterocycles. The Morgan fingerprint density at radius 3 is 2.80 bits per heavy atom. The van der Waals surface area contributed by atoms with Crippen molar-refractivity contribution in [3.05, 3.63) is 54.4 Å². The zero-order valence-electron chi connectivity index (χ0n) is 14.5. The van der Waals surface area contributed by atoms with Gasteiger partial charge in [-0.1, -0.05) is 30.3 Å². The number of rotatable bonds is 7. The molecule has 1 saturated heterocycles. The van der Waals surface area contributed by atoms with E-state index in [1.165, 1.54) is 5.56 Å². The molecule has 2 amide bonds. The summed E-state index contributed by atoms with van der Waals surface area (Å²) in [5, 5.41) is 4.13. The average molecular weight is 340 g/mol. The maximum atomic E-state index is 12.4. The first-order valence-electron chi connectivity index (χ1n) is 8.65. The summed E-state index contributed by atoms with van der Waals surface area (Å²) in [5.74, 6) is 0.340. The first-order valence-corrected chi connectivity index (χ1v) is 8.65. The zero-order valence-corrected chi connectivity index (χ0v) is 14.5. The van der Waals surface area contributed by atoms with Gasteiger partial charge >= 0.3 is 0 Å². The quantitative estimate of drug-likeness (QED) is 0.766. The Morgan fingerprint density at radius 2 is 2.08 bits per heavy atom. The van der Waals surface area contributed by atoms with Crippen molar-refractivity contribution in [1.82, 2.24) is 19.6 Å². The lowest BCUT2D eigenvalue weighted by molar-refractivity contribution is -0.137. The highest BCUT2D eigenvalue weighted by Gasteiger charge is 2.31. The minimum Gasteiger partial charge on any atom is -0.342 e. The lowest BCUT2D eigenvalue weighted by atomic mass is 9.99. The van der Waals surface area contributed by atoms with Crippen molar-refractivity contribution >= 4 is 11.8 Å². The lowest BCUT2D eigenvalue weighted by Crippen LogP contribution is -2.40. The van der Waals surface area contributed by atoms with E-state index >= 15 is 0 Å². The summed E-state index contributed by atoms with van der Waals surface area (Å²) in [6.07, 6.45) is 5.00. The first kappa shape index (κ1) is 17.2. The number of likely N-dealkylation sites (tertiary alicyclic amines) is 1. The van der Waals surface area contributed by atoms with Crippen LogP contribution in [-0.4, -0.2) is 58.1 Å². The van der Waals surface area contributed by atoms with Gasteiger partial charge < -0.3 is 9.80 Å². The van der Waals surface area contributed by atoms with Crippen LogP contribution in [0.25, 0.3) is 0 Å². The molecule has 2 aromatic rings. The van der Waals surface area contributed by atoms with Crippen molar-refractivity contribution in [2.45, 2.75) is 19.4 Å². The van der Waals surface area contributed by atoms with E-state index in [-0.39, 0.29) is 24.3 Å². The third kappa shape index (κ3) is 4.68. The van der Waals surface area contributed by atoms with Crippen LogP contribution in [0.15, 0.2) is 48.8 Å². The van der Waals surface area contributed by atoms with E-state index in [0.29, 0.717) is 26.1 Å². The van der Waals surface area contributed by atoms with Crippen LogP contribution < -0.4 is 0 Å². The Balaban J connectivity index is 1.47. The molecule has 25 heavy (non-hydrogen) atoms. The summed E-state index contributed by atoms with van der Waals surface area (Å²) in [5.41, 5.74) is 1.24. The molecule has 0 radical (unpaired) electrons. The van der Waals surface area contributed by atoms with Gasteiger partial charge in [0.15, 0.2) is 0 Å². The molecule has 0 N–H and O–H groups in total. The van der Waals surface area contributed by atoms with Crippen LogP contribution in [0.5, 0.6) is 0 Å². The van der Waals surface area contributed by atoms with E-state index in [1.54, 1.807) is 27.7 Å². The number of hydrogen-bond acceptors (Lipinski definition) is 3. The van der Waals surface area contributed by atoms with Gasteiger partial charge in [-0.2, -0.15) is 5.10 Å². The molecule has 1 fully saturated rings. The van der Waals surface area contributed by atoms with Crippen LogP contribution in [0.3, 0.4) is 0 Å². The molecular weight excluding hydrogens is 316 g/mol. The Morgan fingerprint density at radius 1 is 1.28 bits per heavy atom. The minimum absolute atomic E-state index is 0.0270. The second-order valence-electron chi connectivity index (χ2n) is 6.62. The molecule has 0 saturated carbocycles. The van der Waals surface area contributed by atoms with Gasteiger partial charge in [0.2, 0.25) is 11.8 Å². The van der Waals surface area contributed by atoms with Crippen molar-refractivity contribution in [2.75, 3.05) is 26.7 Å². The predicted octanol–water partition coefficient (Wildman–Crippen LogP) is 1.43. The number of likely N-dealkylation sites (N-methyl/N-ethyl adjacent to an activating group) is 1. The van der Waals surface area contributed by atoms with Crippen molar-refractivity contribution in [2.24, 2.45) is 5.92 Å². The Labute approximate surface area is 148 Å². The van der Waals surface area contributed by atoms with E-state index in [9.17, 15) is 9.59 Å². The van der Waals surface area contributed by atoms with Gasteiger partial charge in [0.1, 0.15) is 0 Å². The summed E-state index contributed by atoms with van der Waals surface area (Å²) >= 11 is 0. The molecule has 1 aliphatic rings. The van der Waals surface area contributed by atoms with Gasteiger partial charge in [-0.3, -0.25) is 14.3 Å². The summed E-state index contributed by atoms with van der Waals surface area (Å²) in [6, 6.07) is 12.1. The van der Waals surface area contributed by atoms with Crippen molar-refractivity contribution in [1.29, 1.82) is 0 Å². The standard InChI is InChI=1S/C19H24N4O2/c1-21(10-11-23-9-5-8-20-23)19(25)15-22-14-17(13-18(22)24)12-16-6-3-2-4-7-16/h2-9,17H,10-15H2,1H3. The number of nitrogens with zero attached hydrogens (tertiary/aromatic N) is 4. The highest BCUT2D eigenvalue weighted by molar-refractivity contribution is 5.86. The van der Waals surface area contributed by atoms with Crippen molar-refractivity contribution in [3.8, 4) is 0 Å². The largest absolute Gasteiger partial charge is 0.342 e.